The highest BCUT2D eigenvalue weighted by Gasteiger charge is 2.28. The largest absolute Gasteiger partial charge is 0.495 e. The molecule has 0 unspecified atom stereocenters. The van der Waals surface area contributed by atoms with Crippen molar-refractivity contribution >= 4 is 22.2 Å². The molecule has 1 heterocycles. The molecule has 4 rings (SSSR count). The topological polar surface area (TPSA) is 29.5 Å². The van der Waals surface area contributed by atoms with E-state index in [0.717, 1.165) is 17.0 Å². The van der Waals surface area contributed by atoms with Crippen molar-refractivity contribution in [1.29, 1.82) is 0 Å². The minimum absolute atomic E-state index is 0.0556. The van der Waals surface area contributed by atoms with Crippen molar-refractivity contribution in [2.45, 2.75) is 12.5 Å². The molecular weight excluding hydrogens is 310 g/mol. The Hall–Kier alpha value is -3.07. The minimum atomic E-state index is -0.0556. The molecule has 1 aliphatic heterocycles. The molecule has 0 saturated heterocycles. The summed E-state index contributed by atoms with van der Waals surface area (Å²) < 4.78 is 5.54. The van der Waals surface area contributed by atoms with E-state index in [-0.39, 0.29) is 11.8 Å². The second-order valence-corrected chi connectivity index (χ2v) is 6.15. The van der Waals surface area contributed by atoms with Gasteiger partial charge in [0.2, 0.25) is 0 Å². The van der Waals surface area contributed by atoms with E-state index in [1.165, 1.54) is 10.8 Å². The standard InChI is InChI=1S/C22H19NO2/c1-25-22-12-5-4-11-20(22)23-14-13-17(24)15-21(23)19-10-6-8-16-7-2-3-9-18(16)19/h2-14,21H,15H2,1H3/t21-/m1/s1. The van der Waals surface area contributed by atoms with Gasteiger partial charge < -0.3 is 9.64 Å². The number of nitrogens with zero attached hydrogens (tertiary/aromatic N) is 1. The molecule has 25 heavy (non-hydrogen) atoms. The minimum Gasteiger partial charge on any atom is -0.495 e. The molecule has 3 heteroatoms. The van der Waals surface area contributed by atoms with Crippen LogP contribution >= 0.6 is 0 Å². The van der Waals surface area contributed by atoms with E-state index in [4.69, 9.17) is 4.74 Å². The summed E-state index contributed by atoms with van der Waals surface area (Å²) in [6, 6.07) is 22.4. The number of anilines is 1. The molecule has 0 aliphatic carbocycles. The SMILES string of the molecule is COc1ccccc1N1C=CC(=O)C[C@@H]1c1cccc2ccccc12. The fraction of sp³-hybridized carbons (Fsp3) is 0.136. The van der Waals surface area contributed by atoms with Crippen LogP contribution < -0.4 is 9.64 Å². The van der Waals surface area contributed by atoms with Gasteiger partial charge in [0.25, 0.3) is 0 Å². The highest BCUT2D eigenvalue weighted by molar-refractivity contribution is 5.94. The van der Waals surface area contributed by atoms with Gasteiger partial charge in [-0.15, -0.1) is 0 Å². The molecular formula is C22H19NO2. The van der Waals surface area contributed by atoms with Gasteiger partial charge in [0.15, 0.2) is 5.78 Å². The zero-order valence-electron chi connectivity index (χ0n) is 14.1. The van der Waals surface area contributed by atoms with Gasteiger partial charge in [0, 0.05) is 12.6 Å². The zero-order valence-corrected chi connectivity index (χ0v) is 14.1. The number of carbonyl (C=O) groups excluding carboxylic acids is 1. The van der Waals surface area contributed by atoms with Crippen LogP contribution in [0, 0.1) is 0 Å². The van der Waals surface area contributed by atoms with Crippen LogP contribution in [0.15, 0.2) is 79.0 Å². The monoisotopic (exact) mass is 329 g/mol. The first kappa shape index (κ1) is 15.5. The fourth-order valence-electron chi connectivity index (χ4n) is 3.52. The fourth-order valence-corrected chi connectivity index (χ4v) is 3.52. The van der Waals surface area contributed by atoms with Crippen molar-refractivity contribution < 1.29 is 9.53 Å². The van der Waals surface area contributed by atoms with Crippen molar-refractivity contribution in [3.63, 3.8) is 0 Å². The molecule has 3 aromatic rings. The van der Waals surface area contributed by atoms with Crippen LogP contribution in [0.4, 0.5) is 5.69 Å². The Kier molecular flexibility index (Phi) is 3.98. The van der Waals surface area contributed by atoms with Crippen molar-refractivity contribution in [2.24, 2.45) is 0 Å². The average Bonchev–Trinajstić information content (AvgIpc) is 2.67. The highest BCUT2D eigenvalue weighted by Crippen LogP contribution is 2.40. The molecule has 0 aromatic heterocycles. The van der Waals surface area contributed by atoms with Crippen molar-refractivity contribution in [2.75, 3.05) is 12.0 Å². The molecule has 0 fully saturated rings. The third-order valence-corrected chi connectivity index (χ3v) is 4.70. The number of hydrogen-bond acceptors (Lipinski definition) is 3. The van der Waals surface area contributed by atoms with E-state index >= 15 is 0 Å². The lowest BCUT2D eigenvalue weighted by atomic mass is 9.92. The van der Waals surface area contributed by atoms with E-state index in [2.05, 4.69) is 35.2 Å². The Morgan fingerprint density at radius 3 is 2.60 bits per heavy atom. The molecule has 0 spiro atoms. The Morgan fingerprint density at radius 1 is 0.960 bits per heavy atom. The smallest absolute Gasteiger partial charge is 0.159 e. The summed E-state index contributed by atoms with van der Waals surface area (Å²) in [4.78, 5) is 14.3. The molecule has 0 amide bonds. The molecule has 3 nitrogen and oxygen atoms in total. The number of hydrogen-bond donors (Lipinski definition) is 0. The van der Waals surface area contributed by atoms with Gasteiger partial charge in [0.1, 0.15) is 5.75 Å². The Labute approximate surface area is 147 Å². The van der Waals surface area contributed by atoms with Crippen LogP contribution in [0.3, 0.4) is 0 Å². The van der Waals surface area contributed by atoms with E-state index in [1.807, 2.05) is 42.6 Å². The van der Waals surface area contributed by atoms with Gasteiger partial charge in [-0.1, -0.05) is 54.6 Å². The number of ketones is 1. The number of fused-ring (bicyclic) bond motifs is 1. The quantitative estimate of drug-likeness (QED) is 0.686. The number of methoxy groups -OCH3 is 1. The maximum absolute atomic E-state index is 12.2. The predicted molar refractivity (Wildman–Crippen MR) is 101 cm³/mol. The first-order valence-corrected chi connectivity index (χ1v) is 8.38. The van der Waals surface area contributed by atoms with Crippen molar-refractivity contribution in [1.82, 2.24) is 0 Å². The third kappa shape index (κ3) is 2.78. The average molecular weight is 329 g/mol. The van der Waals surface area contributed by atoms with Crippen molar-refractivity contribution in [3.8, 4) is 5.75 Å². The molecule has 124 valence electrons. The summed E-state index contributed by atoms with van der Waals surface area (Å²) in [6.45, 7) is 0. The van der Waals surface area contributed by atoms with E-state index in [1.54, 1.807) is 13.2 Å². The first-order chi connectivity index (χ1) is 12.3. The molecule has 1 atom stereocenters. The normalized spacial score (nSPS) is 17.1. The van der Waals surface area contributed by atoms with Crippen LogP contribution in [0.2, 0.25) is 0 Å². The van der Waals surface area contributed by atoms with Crippen molar-refractivity contribution in [3.05, 3.63) is 84.6 Å². The van der Waals surface area contributed by atoms with Crippen LogP contribution in [0.25, 0.3) is 10.8 Å². The Bertz CT molecular complexity index is 956. The molecule has 0 radical (unpaired) electrons. The van der Waals surface area contributed by atoms with E-state index in [9.17, 15) is 4.79 Å². The van der Waals surface area contributed by atoms with E-state index < -0.39 is 0 Å². The highest BCUT2D eigenvalue weighted by atomic mass is 16.5. The summed E-state index contributed by atoms with van der Waals surface area (Å²) in [5, 5.41) is 2.36. The van der Waals surface area contributed by atoms with Crippen LogP contribution in [-0.2, 0) is 4.79 Å². The Balaban J connectivity index is 1.88. The number of rotatable bonds is 3. The lowest BCUT2D eigenvalue weighted by Crippen LogP contribution is -2.29. The van der Waals surface area contributed by atoms with Gasteiger partial charge in [-0.05, 0) is 34.5 Å². The van der Waals surface area contributed by atoms with Crippen LogP contribution in [0.1, 0.15) is 18.0 Å². The second kappa shape index (κ2) is 6.44. The zero-order chi connectivity index (χ0) is 17.2. The summed E-state index contributed by atoms with van der Waals surface area (Å²) >= 11 is 0. The molecule has 0 N–H and O–H groups in total. The molecule has 0 saturated carbocycles. The predicted octanol–water partition coefficient (Wildman–Crippen LogP) is 4.88. The number of benzene rings is 3. The van der Waals surface area contributed by atoms with Gasteiger partial charge in [0.05, 0.1) is 18.8 Å². The van der Waals surface area contributed by atoms with Crippen LogP contribution in [0.5, 0.6) is 5.75 Å². The first-order valence-electron chi connectivity index (χ1n) is 8.38. The summed E-state index contributed by atoms with van der Waals surface area (Å²) in [5.41, 5.74) is 2.12. The number of ether oxygens (including phenoxy) is 1. The number of para-hydroxylation sites is 2. The number of carbonyl (C=O) groups is 1. The second-order valence-electron chi connectivity index (χ2n) is 6.15. The van der Waals surface area contributed by atoms with Gasteiger partial charge in [-0.2, -0.15) is 0 Å². The lowest BCUT2D eigenvalue weighted by molar-refractivity contribution is -0.115. The summed E-state index contributed by atoms with van der Waals surface area (Å²) in [5.74, 6) is 0.941. The molecule has 3 aromatic carbocycles. The Morgan fingerprint density at radius 2 is 1.72 bits per heavy atom. The maximum Gasteiger partial charge on any atom is 0.159 e. The summed E-state index contributed by atoms with van der Waals surface area (Å²) in [7, 11) is 1.67. The van der Waals surface area contributed by atoms with Gasteiger partial charge in [-0.3, -0.25) is 4.79 Å². The number of allylic oxidation sites excluding steroid dienone is 1. The van der Waals surface area contributed by atoms with Gasteiger partial charge in [-0.25, -0.2) is 0 Å². The third-order valence-electron chi connectivity index (χ3n) is 4.70. The molecule has 1 aliphatic rings. The molecule has 0 bridgehead atoms. The van der Waals surface area contributed by atoms with Gasteiger partial charge >= 0.3 is 0 Å². The van der Waals surface area contributed by atoms with E-state index in [0.29, 0.717) is 6.42 Å². The van der Waals surface area contributed by atoms with Crippen LogP contribution in [-0.4, -0.2) is 12.9 Å². The lowest BCUT2D eigenvalue weighted by Gasteiger charge is -2.34. The summed E-state index contributed by atoms with van der Waals surface area (Å²) in [6.07, 6.45) is 3.97. The maximum atomic E-state index is 12.2.